The van der Waals surface area contributed by atoms with E-state index < -0.39 is 0 Å². The number of ether oxygens (including phenoxy) is 1. The molecule has 0 aliphatic carbocycles. The Morgan fingerprint density at radius 3 is 2.67 bits per heavy atom. The van der Waals surface area contributed by atoms with Crippen LogP contribution in [0.25, 0.3) is 10.9 Å². The van der Waals surface area contributed by atoms with Crippen LogP contribution < -0.4 is 4.74 Å². The molecule has 2 aromatic rings. The molecule has 15 heavy (non-hydrogen) atoms. The second-order valence-corrected chi connectivity index (χ2v) is 4.98. The van der Waals surface area contributed by atoms with E-state index in [1.807, 2.05) is 12.1 Å². The first kappa shape index (κ1) is 11.2. The van der Waals surface area contributed by atoms with Gasteiger partial charge in [-0.05, 0) is 28.1 Å². The molecule has 1 aromatic carbocycles. The number of hydrogen-bond acceptors (Lipinski definition) is 2. The van der Waals surface area contributed by atoms with Gasteiger partial charge in [0.05, 0.1) is 16.6 Å². The van der Waals surface area contributed by atoms with Crippen LogP contribution in [0.4, 0.5) is 0 Å². The summed E-state index contributed by atoms with van der Waals surface area (Å²) in [4.78, 5) is 4.29. The maximum Gasteiger partial charge on any atom is 0.145 e. The fourth-order valence-corrected chi connectivity index (χ4v) is 2.52. The van der Waals surface area contributed by atoms with E-state index in [9.17, 15) is 0 Å². The zero-order chi connectivity index (χ0) is 11.0. The van der Waals surface area contributed by atoms with Crippen molar-refractivity contribution in [2.24, 2.45) is 0 Å². The summed E-state index contributed by atoms with van der Waals surface area (Å²) in [5, 5.41) is 1.48. The lowest BCUT2D eigenvalue weighted by atomic mass is 10.2. The van der Waals surface area contributed by atoms with E-state index in [2.05, 4.69) is 36.8 Å². The summed E-state index contributed by atoms with van der Waals surface area (Å²) in [7, 11) is 1.61. The molecular weight excluding hydrogens is 345 g/mol. The summed E-state index contributed by atoms with van der Waals surface area (Å²) in [5.41, 5.74) is 0.750. The second kappa shape index (κ2) is 4.28. The fraction of sp³-hybridized carbons (Fsp3) is 0.100. The smallest absolute Gasteiger partial charge is 0.145 e. The van der Waals surface area contributed by atoms with Gasteiger partial charge >= 0.3 is 0 Å². The number of hydrogen-bond donors (Lipinski definition) is 0. The Kier molecular flexibility index (Phi) is 3.19. The average molecular weight is 351 g/mol. The Morgan fingerprint density at radius 2 is 2.00 bits per heavy atom. The second-order valence-electron chi connectivity index (χ2n) is 2.89. The van der Waals surface area contributed by atoms with E-state index >= 15 is 0 Å². The van der Waals surface area contributed by atoms with E-state index in [1.165, 1.54) is 0 Å². The molecule has 0 atom stereocenters. The van der Waals surface area contributed by atoms with Crippen LogP contribution in [-0.4, -0.2) is 12.1 Å². The number of benzene rings is 1. The van der Waals surface area contributed by atoms with Crippen LogP contribution in [0.3, 0.4) is 0 Å². The van der Waals surface area contributed by atoms with Crippen LogP contribution >= 0.6 is 43.5 Å². The van der Waals surface area contributed by atoms with E-state index in [0.29, 0.717) is 10.8 Å². The molecule has 2 rings (SSSR count). The van der Waals surface area contributed by atoms with Crippen LogP contribution in [0.1, 0.15) is 0 Å². The fourth-order valence-electron chi connectivity index (χ4n) is 1.35. The number of aromatic nitrogens is 1. The highest BCUT2D eigenvalue weighted by molar-refractivity contribution is 9.11. The minimum absolute atomic E-state index is 0.630. The quantitative estimate of drug-likeness (QED) is 0.759. The maximum absolute atomic E-state index is 6.19. The number of pyridine rings is 1. The van der Waals surface area contributed by atoms with Gasteiger partial charge in [-0.1, -0.05) is 27.5 Å². The van der Waals surface area contributed by atoms with Gasteiger partial charge in [0.1, 0.15) is 11.3 Å². The predicted octanol–water partition coefficient (Wildman–Crippen LogP) is 4.42. The van der Waals surface area contributed by atoms with Gasteiger partial charge in [0, 0.05) is 16.1 Å². The zero-order valence-corrected chi connectivity index (χ0v) is 11.6. The van der Waals surface area contributed by atoms with E-state index in [-0.39, 0.29) is 0 Å². The lowest BCUT2D eigenvalue weighted by Gasteiger charge is -2.08. The number of rotatable bonds is 1. The van der Waals surface area contributed by atoms with Crippen molar-refractivity contribution in [3.63, 3.8) is 0 Å². The third-order valence-corrected chi connectivity index (χ3v) is 3.93. The number of halogens is 3. The highest BCUT2D eigenvalue weighted by Gasteiger charge is 2.11. The van der Waals surface area contributed by atoms with Gasteiger partial charge in [-0.3, -0.25) is 4.98 Å². The summed E-state index contributed by atoms with van der Waals surface area (Å²) >= 11 is 13.0. The molecule has 0 unspecified atom stereocenters. The van der Waals surface area contributed by atoms with Crippen LogP contribution in [0.2, 0.25) is 5.02 Å². The van der Waals surface area contributed by atoms with Crippen LogP contribution in [0.15, 0.2) is 27.3 Å². The van der Waals surface area contributed by atoms with Gasteiger partial charge < -0.3 is 4.74 Å². The van der Waals surface area contributed by atoms with Gasteiger partial charge in [-0.15, -0.1) is 0 Å². The third kappa shape index (κ3) is 1.86. The Morgan fingerprint density at radius 1 is 1.27 bits per heavy atom. The number of nitrogens with zero attached hydrogens (tertiary/aromatic N) is 1. The molecule has 5 heteroatoms. The molecule has 0 saturated carbocycles. The van der Waals surface area contributed by atoms with Crippen molar-refractivity contribution in [3.8, 4) is 5.75 Å². The topological polar surface area (TPSA) is 22.1 Å². The number of methoxy groups -OCH3 is 1. The van der Waals surface area contributed by atoms with Crippen molar-refractivity contribution in [3.05, 3.63) is 32.3 Å². The molecule has 0 aliphatic rings. The molecule has 1 heterocycles. The monoisotopic (exact) mass is 349 g/mol. The lowest BCUT2D eigenvalue weighted by Crippen LogP contribution is -1.89. The van der Waals surface area contributed by atoms with Gasteiger partial charge in [0.2, 0.25) is 0 Å². The molecule has 0 N–H and O–H groups in total. The van der Waals surface area contributed by atoms with Gasteiger partial charge in [0.15, 0.2) is 0 Å². The van der Waals surface area contributed by atoms with Crippen molar-refractivity contribution < 1.29 is 4.74 Å². The SMILES string of the molecule is COc1ccc(Br)c2c(Cl)c(Br)cnc12. The minimum Gasteiger partial charge on any atom is -0.494 e. The van der Waals surface area contributed by atoms with Crippen LogP contribution in [0.5, 0.6) is 5.75 Å². The van der Waals surface area contributed by atoms with E-state index in [0.717, 1.165) is 19.8 Å². The van der Waals surface area contributed by atoms with Crippen molar-refractivity contribution in [1.29, 1.82) is 0 Å². The first-order valence-electron chi connectivity index (χ1n) is 4.11. The summed E-state index contributed by atoms with van der Waals surface area (Å²) < 4.78 is 6.89. The van der Waals surface area contributed by atoms with E-state index in [4.69, 9.17) is 16.3 Å². The largest absolute Gasteiger partial charge is 0.494 e. The molecule has 0 aliphatic heterocycles. The number of fused-ring (bicyclic) bond motifs is 1. The summed E-state index contributed by atoms with van der Waals surface area (Å²) in [6.07, 6.45) is 1.67. The van der Waals surface area contributed by atoms with Gasteiger partial charge in [-0.25, -0.2) is 0 Å². The minimum atomic E-state index is 0.630. The molecule has 0 radical (unpaired) electrons. The first-order valence-corrected chi connectivity index (χ1v) is 6.07. The molecule has 1 aromatic heterocycles. The van der Waals surface area contributed by atoms with Gasteiger partial charge in [0.25, 0.3) is 0 Å². The Balaban J connectivity index is 2.93. The Bertz CT molecular complexity index is 530. The Labute approximate surface area is 109 Å². The third-order valence-electron chi connectivity index (χ3n) is 2.05. The molecule has 0 amide bonds. The van der Waals surface area contributed by atoms with Crippen molar-refractivity contribution in [2.45, 2.75) is 0 Å². The normalized spacial score (nSPS) is 10.7. The highest BCUT2D eigenvalue weighted by Crippen LogP contribution is 2.38. The molecule has 0 bridgehead atoms. The van der Waals surface area contributed by atoms with Crippen molar-refractivity contribution in [1.82, 2.24) is 4.98 Å². The molecule has 0 saturated heterocycles. The summed E-state index contributed by atoms with van der Waals surface area (Å²) in [6.45, 7) is 0. The van der Waals surface area contributed by atoms with E-state index in [1.54, 1.807) is 13.3 Å². The summed E-state index contributed by atoms with van der Waals surface area (Å²) in [6, 6.07) is 3.74. The first-order chi connectivity index (χ1) is 7.15. The molecule has 2 nitrogen and oxygen atoms in total. The lowest BCUT2D eigenvalue weighted by molar-refractivity contribution is 0.419. The zero-order valence-electron chi connectivity index (χ0n) is 7.72. The van der Waals surface area contributed by atoms with Crippen LogP contribution in [0, 0.1) is 0 Å². The average Bonchev–Trinajstić information content (AvgIpc) is 2.24. The van der Waals surface area contributed by atoms with Crippen LogP contribution in [-0.2, 0) is 0 Å². The Hall–Kier alpha value is -0.320. The highest BCUT2D eigenvalue weighted by atomic mass is 79.9. The molecule has 0 spiro atoms. The summed E-state index contributed by atoms with van der Waals surface area (Å²) in [5.74, 6) is 0.711. The predicted molar refractivity (Wildman–Crippen MR) is 68.7 cm³/mol. The molecule has 78 valence electrons. The van der Waals surface area contributed by atoms with Crippen molar-refractivity contribution >= 4 is 54.4 Å². The molecule has 0 fully saturated rings. The van der Waals surface area contributed by atoms with Gasteiger partial charge in [-0.2, -0.15) is 0 Å². The molecular formula is C10H6Br2ClNO. The standard InChI is InChI=1S/C10H6Br2ClNO/c1-15-7-3-2-5(11)8-9(13)6(12)4-14-10(7)8/h2-4H,1H3. The maximum atomic E-state index is 6.19. The van der Waals surface area contributed by atoms with Crippen molar-refractivity contribution in [2.75, 3.05) is 7.11 Å².